The molecule has 8 nitrogen and oxygen atoms in total. The number of aromatic hydroxyl groups is 3. The normalized spacial score (nSPS) is 14.1. The van der Waals surface area contributed by atoms with Crippen LogP contribution in [-0.2, 0) is 12.0 Å². The van der Waals surface area contributed by atoms with Crippen LogP contribution in [0.5, 0.6) is 17.2 Å². The Hall–Kier alpha value is -3.04. The molecule has 37 heavy (non-hydrogen) atoms. The predicted molar refractivity (Wildman–Crippen MR) is 151 cm³/mol. The number of rotatable bonds is 5. The largest absolute Gasteiger partial charge is 0.511 e. The number of likely N-dealkylation sites (N-methyl/N-ethyl adjacent to an activating group) is 1. The Morgan fingerprint density at radius 1 is 0.865 bits per heavy atom. The lowest BCUT2D eigenvalue weighted by molar-refractivity contribution is 0.397. The zero-order chi connectivity index (χ0) is 25.6. The fourth-order valence-electron chi connectivity index (χ4n) is 5.49. The highest BCUT2D eigenvalue weighted by Gasteiger charge is 2.38. The molecular weight excluding hydrogens is 519 g/mol. The molecule has 0 saturated heterocycles. The maximum absolute atomic E-state index is 13.7. The molecule has 0 aliphatic heterocycles. The van der Waals surface area contributed by atoms with Crippen LogP contribution in [0, 0.1) is 6.92 Å². The Morgan fingerprint density at radius 2 is 1.51 bits per heavy atom. The average molecular weight is 549 g/mol. The third kappa shape index (κ3) is 3.74. The topological polar surface area (TPSA) is 130 Å². The van der Waals surface area contributed by atoms with Crippen molar-refractivity contribution >= 4 is 62.9 Å². The van der Waals surface area contributed by atoms with Gasteiger partial charge < -0.3 is 30.6 Å². The van der Waals surface area contributed by atoms with Crippen molar-refractivity contribution in [3.05, 3.63) is 54.5 Å². The molecule has 0 spiro atoms. The van der Waals surface area contributed by atoms with Crippen molar-refractivity contribution in [1.29, 1.82) is 0 Å². The Labute approximate surface area is 225 Å². The molecule has 0 amide bonds. The third-order valence-corrected chi connectivity index (χ3v) is 7.33. The van der Waals surface area contributed by atoms with E-state index in [4.69, 9.17) is 0 Å². The van der Waals surface area contributed by atoms with Gasteiger partial charge in [0.15, 0.2) is 10.9 Å². The van der Waals surface area contributed by atoms with Crippen LogP contribution in [0.4, 0.5) is 0 Å². The van der Waals surface area contributed by atoms with Gasteiger partial charge in [0.1, 0.15) is 23.0 Å². The van der Waals surface area contributed by atoms with Crippen LogP contribution in [0.2, 0.25) is 0 Å². The van der Waals surface area contributed by atoms with Crippen molar-refractivity contribution < 1.29 is 20.4 Å². The average Bonchev–Trinajstić information content (AvgIpc) is 2.75. The van der Waals surface area contributed by atoms with Gasteiger partial charge in [-0.3, -0.25) is 9.59 Å². The summed E-state index contributed by atoms with van der Waals surface area (Å²) in [7, 11) is 3.83. The molecular formula is C27H30Cl2N2O6. The molecule has 4 aromatic rings. The van der Waals surface area contributed by atoms with Gasteiger partial charge in [-0.1, -0.05) is 0 Å². The van der Waals surface area contributed by atoms with Gasteiger partial charge in [-0.05, 0) is 63.5 Å². The molecule has 5 N–H and O–H groups in total. The van der Waals surface area contributed by atoms with Gasteiger partial charge in [0, 0.05) is 41.2 Å². The minimum absolute atomic E-state index is 0. The summed E-state index contributed by atoms with van der Waals surface area (Å²) in [5.74, 6) is -1.20. The molecule has 0 fully saturated rings. The molecule has 0 heterocycles. The zero-order valence-electron chi connectivity index (χ0n) is 21.1. The molecule has 0 saturated carbocycles. The summed E-state index contributed by atoms with van der Waals surface area (Å²) in [5.41, 5.74) is -1.04. The van der Waals surface area contributed by atoms with Crippen LogP contribution in [0.25, 0.3) is 38.1 Å². The number of nitrogens with one attached hydrogen (secondary N) is 1. The van der Waals surface area contributed by atoms with Crippen molar-refractivity contribution in [1.82, 2.24) is 10.2 Å². The second kappa shape index (κ2) is 9.36. The minimum Gasteiger partial charge on any atom is -0.511 e. The molecule has 10 heteroatoms. The fraction of sp³-hybridized carbons (Fsp3) is 0.333. The fourth-order valence-corrected chi connectivity index (χ4v) is 5.49. The number of benzene rings is 4. The molecule has 0 atom stereocenters. The first kappa shape index (κ1) is 28.5. The van der Waals surface area contributed by atoms with Crippen LogP contribution < -0.4 is 21.4 Å². The number of halogens is 2. The summed E-state index contributed by atoms with van der Waals surface area (Å²) in [6.45, 7) is 6.42. The first-order valence-corrected chi connectivity index (χ1v) is 11.5. The third-order valence-electron chi connectivity index (χ3n) is 7.33. The monoisotopic (exact) mass is 548 g/mol. The Balaban J connectivity index is 0.00000190. The quantitative estimate of drug-likeness (QED) is 0.146. The van der Waals surface area contributed by atoms with Crippen molar-refractivity contribution in [2.75, 3.05) is 27.2 Å². The second-order valence-electron chi connectivity index (χ2n) is 10.2. The van der Waals surface area contributed by atoms with E-state index in [1.807, 2.05) is 19.0 Å². The van der Waals surface area contributed by atoms with E-state index in [2.05, 4.69) is 5.32 Å². The molecule has 0 radical (unpaired) electrons. The number of aliphatic hydroxyl groups is 1. The molecule has 4 aromatic carbocycles. The number of aliphatic hydroxyl groups excluding tert-OH is 1. The maximum atomic E-state index is 13.7. The minimum atomic E-state index is -1.08. The molecule has 0 aromatic heterocycles. The number of aryl methyl sites for hydroxylation is 1. The van der Waals surface area contributed by atoms with Crippen LogP contribution >= 0.6 is 24.8 Å². The van der Waals surface area contributed by atoms with Gasteiger partial charge in [-0.15, -0.1) is 24.8 Å². The zero-order valence-corrected chi connectivity index (χ0v) is 22.8. The first-order chi connectivity index (χ1) is 16.4. The highest BCUT2D eigenvalue weighted by atomic mass is 35.5. The highest BCUT2D eigenvalue weighted by molar-refractivity contribution is 6.29. The number of nitrogens with zero attached hydrogens (tertiary/aromatic N) is 1. The summed E-state index contributed by atoms with van der Waals surface area (Å²) in [6, 6.07) is 2.87. The number of phenols is 3. The van der Waals surface area contributed by atoms with Gasteiger partial charge in [0.25, 0.3) is 0 Å². The van der Waals surface area contributed by atoms with E-state index in [1.54, 1.807) is 20.8 Å². The van der Waals surface area contributed by atoms with Gasteiger partial charge in [-0.2, -0.15) is 0 Å². The van der Waals surface area contributed by atoms with E-state index in [-0.39, 0.29) is 69.8 Å². The van der Waals surface area contributed by atoms with Crippen LogP contribution in [0.3, 0.4) is 0 Å². The highest BCUT2D eigenvalue weighted by Crippen LogP contribution is 2.51. The van der Waals surface area contributed by atoms with Crippen molar-refractivity contribution in [3.63, 3.8) is 0 Å². The summed E-state index contributed by atoms with van der Waals surface area (Å²) in [4.78, 5) is 28.8. The first-order valence-electron chi connectivity index (χ1n) is 11.5. The Morgan fingerprint density at radius 3 is 2.14 bits per heavy atom. The standard InChI is InChI=1S/C27H28N2O6.2ClH/c1-11-8-14(30)18-19-16(11)15(31)9-13-17(19)20-21(25(18)34)23(32)12(10-28-6-7-29(4)5)24(33)22(20)26(35)27(13,2)3;;/h8-9,28,31-32,34-35H,6-7,10H2,1-5H3;2*1H. The summed E-state index contributed by atoms with van der Waals surface area (Å²) in [6.07, 6.45) is 0. The summed E-state index contributed by atoms with van der Waals surface area (Å²) >= 11 is 0. The molecule has 198 valence electrons. The van der Waals surface area contributed by atoms with Gasteiger partial charge in [0.05, 0.1) is 21.6 Å². The summed E-state index contributed by atoms with van der Waals surface area (Å²) < 4.78 is 0. The van der Waals surface area contributed by atoms with E-state index in [1.165, 1.54) is 12.1 Å². The summed E-state index contributed by atoms with van der Waals surface area (Å²) in [5, 5.41) is 49.3. The predicted octanol–water partition coefficient (Wildman–Crippen LogP) is 2.90. The van der Waals surface area contributed by atoms with Crippen LogP contribution in [0.15, 0.2) is 21.7 Å². The van der Waals surface area contributed by atoms with E-state index >= 15 is 0 Å². The lowest BCUT2D eigenvalue weighted by Crippen LogP contribution is -2.40. The molecule has 1 aliphatic carbocycles. The lowest BCUT2D eigenvalue weighted by Gasteiger charge is -2.32. The van der Waals surface area contributed by atoms with E-state index in [9.17, 15) is 30.0 Å². The number of hydrogen-bond donors (Lipinski definition) is 5. The molecule has 5 rings (SSSR count). The number of hydrogen-bond acceptors (Lipinski definition) is 8. The smallest absolute Gasteiger partial charge is 0.198 e. The maximum Gasteiger partial charge on any atom is 0.198 e. The van der Waals surface area contributed by atoms with Gasteiger partial charge in [0.2, 0.25) is 0 Å². The van der Waals surface area contributed by atoms with Crippen molar-refractivity contribution in [3.8, 4) is 17.2 Å². The Kier molecular flexibility index (Phi) is 7.22. The SMILES string of the molecule is Cc1cc(=O)c2c(O)c3c(O)c(CNCCN(C)C)c(=O)c4c3c3c(cc(O)c1c23)C(C)(C)C=4O.Cl.Cl. The van der Waals surface area contributed by atoms with E-state index in [0.29, 0.717) is 40.4 Å². The van der Waals surface area contributed by atoms with Crippen LogP contribution in [0.1, 0.15) is 30.5 Å². The van der Waals surface area contributed by atoms with E-state index < -0.39 is 27.8 Å². The van der Waals surface area contributed by atoms with Crippen molar-refractivity contribution in [2.45, 2.75) is 32.7 Å². The lowest BCUT2D eigenvalue weighted by atomic mass is 9.72. The van der Waals surface area contributed by atoms with Crippen LogP contribution in [-0.4, -0.2) is 52.5 Å². The van der Waals surface area contributed by atoms with Crippen molar-refractivity contribution in [2.24, 2.45) is 0 Å². The Bertz CT molecular complexity index is 1750. The molecule has 1 aliphatic rings. The van der Waals surface area contributed by atoms with E-state index in [0.717, 1.165) is 0 Å². The van der Waals surface area contributed by atoms with Gasteiger partial charge >= 0.3 is 0 Å². The molecule has 0 bridgehead atoms. The second-order valence-corrected chi connectivity index (χ2v) is 10.2. The molecule has 0 unspecified atom stereocenters. The van der Waals surface area contributed by atoms with Gasteiger partial charge in [-0.25, -0.2) is 0 Å². The number of phenolic OH excluding ortho intramolecular Hbond substituents is 3.